The fourth-order valence-electron chi connectivity index (χ4n) is 1.43. The van der Waals surface area contributed by atoms with E-state index in [1.54, 1.807) is 19.1 Å². The lowest BCUT2D eigenvalue weighted by atomic mass is 10.1. The minimum absolute atomic E-state index is 0.574. The highest BCUT2D eigenvalue weighted by molar-refractivity contribution is 7.56. The van der Waals surface area contributed by atoms with Crippen LogP contribution in [-0.2, 0) is 9.13 Å². The van der Waals surface area contributed by atoms with Gasteiger partial charge in [0.05, 0.1) is 11.8 Å². The fourth-order valence-corrected chi connectivity index (χ4v) is 4.45. The molecule has 0 aliphatic rings. The largest absolute Gasteiger partial charge is 0.329 e. The third-order valence-electron chi connectivity index (χ3n) is 2.36. The van der Waals surface area contributed by atoms with Gasteiger partial charge < -0.3 is 19.6 Å². The van der Waals surface area contributed by atoms with Crippen LogP contribution in [0.25, 0.3) is 0 Å². The van der Waals surface area contributed by atoms with Crippen LogP contribution >= 0.6 is 15.2 Å². The summed E-state index contributed by atoms with van der Waals surface area (Å²) in [4.78, 5) is 35.8. The van der Waals surface area contributed by atoms with Crippen LogP contribution in [0.5, 0.6) is 0 Å². The Morgan fingerprint density at radius 3 is 2.06 bits per heavy atom. The summed E-state index contributed by atoms with van der Waals surface area (Å²) in [5, 5.41) is 0. The first-order valence-electron chi connectivity index (χ1n) is 5.34. The van der Waals surface area contributed by atoms with E-state index in [2.05, 4.69) is 0 Å². The second kappa shape index (κ2) is 6.83. The molecule has 0 bridgehead atoms. The molecule has 6 nitrogen and oxygen atoms in total. The monoisotopic (exact) mass is 286 g/mol. The first-order valence-corrected chi connectivity index (χ1v) is 8.82. The third-order valence-corrected chi connectivity index (χ3v) is 5.03. The average Bonchev–Trinajstić information content (AvgIpc) is 2.11. The molecule has 0 aliphatic heterocycles. The molecule has 0 radical (unpaired) electrons. The number of unbranched alkanes of at least 4 members (excludes halogenated alkanes) is 1. The zero-order chi connectivity index (χ0) is 13.7. The van der Waals surface area contributed by atoms with Crippen LogP contribution in [-0.4, -0.2) is 31.4 Å². The van der Waals surface area contributed by atoms with Crippen molar-refractivity contribution < 1.29 is 28.7 Å². The van der Waals surface area contributed by atoms with Gasteiger partial charge in [-0.25, -0.2) is 0 Å². The van der Waals surface area contributed by atoms with E-state index in [1.807, 2.05) is 6.92 Å². The van der Waals surface area contributed by atoms with Gasteiger partial charge in [-0.3, -0.25) is 9.13 Å². The molecule has 8 heteroatoms. The summed E-state index contributed by atoms with van der Waals surface area (Å²) in [6.07, 6.45) is 4.25. The van der Waals surface area contributed by atoms with Crippen molar-refractivity contribution >= 4 is 15.2 Å². The Morgan fingerprint density at radius 2 is 1.71 bits per heavy atom. The number of allylic oxidation sites excluding steroid dienone is 2. The Balaban J connectivity index is 4.82. The van der Waals surface area contributed by atoms with Gasteiger partial charge in [0.15, 0.2) is 0 Å². The van der Waals surface area contributed by atoms with E-state index in [1.165, 1.54) is 0 Å². The molecule has 2 atom stereocenters. The van der Waals surface area contributed by atoms with E-state index >= 15 is 0 Å². The number of hydrogen-bond donors (Lipinski definition) is 4. The van der Waals surface area contributed by atoms with Gasteiger partial charge in [-0.2, -0.15) is 0 Å². The minimum atomic E-state index is -4.52. The van der Waals surface area contributed by atoms with E-state index < -0.39 is 32.9 Å². The Labute approximate surface area is 101 Å². The molecule has 0 saturated heterocycles. The first-order chi connectivity index (χ1) is 7.58. The Hall–Kier alpha value is 0.0400. The molecule has 0 saturated carbocycles. The molecular formula is C9H20O6P2. The van der Waals surface area contributed by atoms with Crippen molar-refractivity contribution in [2.45, 2.75) is 32.3 Å². The quantitative estimate of drug-likeness (QED) is 0.418. The van der Waals surface area contributed by atoms with Crippen LogP contribution in [0.1, 0.15) is 26.7 Å². The normalized spacial score (nSPS) is 17.3. The SMILES string of the molecule is CCCC=CC(C)C(CP(=O)(O)O)P(=O)(O)O. The Bertz CT molecular complexity index is 341. The van der Waals surface area contributed by atoms with E-state index in [4.69, 9.17) is 19.6 Å². The summed E-state index contributed by atoms with van der Waals surface area (Å²) >= 11 is 0. The molecule has 0 spiro atoms. The summed E-state index contributed by atoms with van der Waals surface area (Å²) < 4.78 is 22.1. The van der Waals surface area contributed by atoms with Crippen LogP contribution in [0.15, 0.2) is 12.2 Å². The Kier molecular flexibility index (Phi) is 6.85. The number of rotatable bonds is 7. The van der Waals surface area contributed by atoms with E-state index in [-0.39, 0.29) is 0 Å². The fraction of sp³-hybridized carbons (Fsp3) is 0.778. The number of hydrogen-bond acceptors (Lipinski definition) is 2. The second-order valence-corrected chi connectivity index (χ2v) is 7.62. The average molecular weight is 286 g/mol. The van der Waals surface area contributed by atoms with Crippen LogP contribution in [0.3, 0.4) is 0 Å². The maximum atomic E-state index is 11.2. The molecule has 0 aromatic heterocycles. The van der Waals surface area contributed by atoms with Gasteiger partial charge in [0.1, 0.15) is 0 Å². The third kappa shape index (κ3) is 7.87. The zero-order valence-corrected chi connectivity index (χ0v) is 11.7. The highest BCUT2D eigenvalue weighted by atomic mass is 31.2. The van der Waals surface area contributed by atoms with Crippen LogP contribution in [0, 0.1) is 5.92 Å². The molecule has 0 aliphatic carbocycles. The smallest absolute Gasteiger partial charge is 0.324 e. The molecule has 0 aromatic rings. The van der Waals surface area contributed by atoms with Gasteiger partial charge in [-0.05, 0) is 12.3 Å². The molecular weight excluding hydrogens is 266 g/mol. The molecule has 0 aromatic carbocycles. The summed E-state index contributed by atoms with van der Waals surface area (Å²) in [7, 11) is -8.96. The predicted molar refractivity (Wildman–Crippen MR) is 66.0 cm³/mol. The topological polar surface area (TPSA) is 115 Å². The minimum Gasteiger partial charge on any atom is -0.324 e. The molecule has 0 heterocycles. The summed E-state index contributed by atoms with van der Waals surface area (Å²) in [6.45, 7) is 3.51. The van der Waals surface area contributed by atoms with Crippen molar-refractivity contribution in [2.24, 2.45) is 5.92 Å². The van der Waals surface area contributed by atoms with Crippen molar-refractivity contribution in [3.05, 3.63) is 12.2 Å². The highest BCUT2D eigenvalue weighted by Gasteiger charge is 2.37. The van der Waals surface area contributed by atoms with Gasteiger partial charge in [0.25, 0.3) is 0 Å². The Morgan fingerprint density at radius 1 is 1.18 bits per heavy atom. The van der Waals surface area contributed by atoms with Gasteiger partial charge in [0, 0.05) is 0 Å². The molecule has 2 unspecified atom stereocenters. The van der Waals surface area contributed by atoms with Crippen LogP contribution in [0.2, 0.25) is 0 Å². The molecule has 0 fully saturated rings. The standard InChI is InChI=1S/C9H20O6P2/c1-3-4-5-6-8(2)9(17(13,14)15)7-16(10,11)12/h5-6,8-9H,3-4,7H2,1-2H3,(H2,10,11,12)(H2,13,14,15). The maximum Gasteiger partial charge on any atom is 0.329 e. The van der Waals surface area contributed by atoms with E-state index in [0.29, 0.717) is 0 Å². The maximum absolute atomic E-state index is 11.2. The van der Waals surface area contributed by atoms with Crippen molar-refractivity contribution in [1.82, 2.24) is 0 Å². The van der Waals surface area contributed by atoms with Crippen molar-refractivity contribution in [3.63, 3.8) is 0 Å². The first kappa shape index (κ1) is 17.0. The second-order valence-electron chi connectivity index (χ2n) is 4.08. The lowest BCUT2D eigenvalue weighted by Gasteiger charge is -2.22. The molecule has 4 N–H and O–H groups in total. The van der Waals surface area contributed by atoms with Gasteiger partial charge in [0.2, 0.25) is 0 Å². The summed E-state index contributed by atoms with van der Waals surface area (Å²) in [5.74, 6) is -0.574. The molecule has 17 heavy (non-hydrogen) atoms. The zero-order valence-electron chi connectivity index (χ0n) is 9.93. The highest BCUT2D eigenvalue weighted by Crippen LogP contribution is 2.51. The van der Waals surface area contributed by atoms with Crippen LogP contribution in [0.4, 0.5) is 0 Å². The summed E-state index contributed by atoms with van der Waals surface area (Å²) in [5.41, 5.74) is -1.34. The van der Waals surface area contributed by atoms with Gasteiger partial charge in [-0.1, -0.05) is 32.4 Å². The molecule has 0 rings (SSSR count). The lowest BCUT2D eigenvalue weighted by molar-refractivity contribution is 0.336. The van der Waals surface area contributed by atoms with Crippen molar-refractivity contribution in [3.8, 4) is 0 Å². The predicted octanol–water partition coefficient (Wildman–Crippen LogP) is 1.70. The lowest BCUT2D eigenvalue weighted by Crippen LogP contribution is -2.21. The van der Waals surface area contributed by atoms with Gasteiger partial charge >= 0.3 is 15.2 Å². The van der Waals surface area contributed by atoms with Crippen LogP contribution < -0.4 is 0 Å². The van der Waals surface area contributed by atoms with Crippen molar-refractivity contribution in [1.29, 1.82) is 0 Å². The van der Waals surface area contributed by atoms with E-state index in [9.17, 15) is 9.13 Å². The van der Waals surface area contributed by atoms with Gasteiger partial charge in [-0.15, -0.1) is 0 Å². The summed E-state index contributed by atoms with van der Waals surface area (Å²) in [6, 6.07) is 0. The van der Waals surface area contributed by atoms with Crippen molar-refractivity contribution in [2.75, 3.05) is 6.16 Å². The van der Waals surface area contributed by atoms with E-state index in [0.717, 1.165) is 12.8 Å². The molecule has 102 valence electrons. The molecule has 0 amide bonds.